The molecule has 1 aliphatic rings. The van der Waals surface area contributed by atoms with Crippen molar-refractivity contribution in [2.75, 3.05) is 12.9 Å². The highest BCUT2D eigenvalue weighted by molar-refractivity contribution is 8.00. The molecule has 0 bridgehead atoms. The number of aromatic nitrogens is 1. The molecule has 0 aliphatic heterocycles. The molecule has 1 saturated carbocycles. The van der Waals surface area contributed by atoms with Crippen LogP contribution >= 0.6 is 11.8 Å². The van der Waals surface area contributed by atoms with Crippen LogP contribution in [0.2, 0.25) is 0 Å². The number of Topliss-reactive ketones (excluding diaryl/α,β-unsaturated/α-hetero) is 1. The minimum Gasteiger partial charge on any atom is -0.494 e. The van der Waals surface area contributed by atoms with Crippen LogP contribution in [0, 0.1) is 0 Å². The molecule has 17 heavy (non-hydrogen) atoms. The fraction of sp³-hybridized carbons (Fsp3) is 0.538. The van der Waals surface area contributed by atoms with E-state index in [0.717, 1.165) is 0 Å². The number of hydrogen-bond donors (Lipinski definition) is 0. The number of pyridine rings is 1. The zero-order valence-corrected chi connectivity index (χ0v) is 10.8. The monoisotopic (exact) mass is 251 g/mol. The fourth-order valence-corrected chi connectivity index (χ4v) is 3.27. The van der Waals surface area contributed by atoms with E-state index in [4.69, 9.17) is 4.74 Å². The summed E-state index contributed by atoms with van der Waals surface area (Å²) in [5, 5.41) is 0.661. The number of ketones is 1. The lowest BCUT2D eigenvalue weighted by Gasteiger charge is -2.09. The summed E-state index contributed by atoms with van der Waals surface area (Å²) in [6, 6.07) is 3.56. The molecule has 1 fully saturated rings. The summed E-state index contributed by atoms with van der Waals surface area (Å²) in [7, 11) is 1.57. The van der Waals surface area contributed by atoms with Crippen molar-refractivity contribution in [2.45, 2.75) is 30.9 Å². The number of rotatable bonds is 5. The summed E-state index contributed by atoms with van der Waals surface area (Å²) in [6.07, 6.45) is 6.74. The summed E-state index contributed by atoms with van der Waals surface area (Å²) >= 11 is 1.76. The third-order valence-corrected chi connectivity index (χ3v) is 4.38. The number of carbonyl (C=O) groups is 1. The van der Waals surface area contributed by atoms with Gasteiger partial charge in [0, 0.05) is 11.4 Å². The number of hydrogen-bond acceptors (Lipinski definition) is 4. The molecule has 0 atom stereocenters. The summed E-state index contributed by atoms with van der Waals surface area (Å²) in [4.78, 5) is 16.1. The van der Waals surface area contributed by atoms with E-state index >= 15 is 0 Å². The van der Waals surface area contributed by atoms with Gasteiger partial charge in [-0.2, -0.15) is 11.8 Å². The van der Waals surface area contributed by atoms with Gasteiger partial charge in [0.1, 0.15) is 11.4 Å². The van der Waals surface area contributed by atoms with Gasteiger partial charge >= 0.3 is 0 Å². The van der Waals surface area contributed by atoms with Crippen molar-refractivity contribution in [1.82, 2.24) is 4.98 Å². The second-order valence-corrected chi connectivity index (χ2v) is 5.48. The number of nitrogens with zero attached hydrogens (tertiary/aromatic N) is 1. The second kappa shape index (κ2) is 6.05. The number of thioether (sulfide) groups is 1. The van der Waals surface area contributed by atoms with E-state index < -0.39 is 0 Å². The Balaban J connectivity index is 1.94. The minimum atomic E-state index is 0.0688. The molecule has 4 heteroatoms. The van der Waals surface area contributed by atoms with Crippen molar-refractivity contribution in [3.05, 3.63) is 24.0 Å². The van der Waals surface area contributed by atoms with Gasteiger partial charge in [-0.3, -0.25) is 4.79 Å². The molecule has 1 aliphatic carbocycles. The van der Waals surface area contributed by atoms with E-state index in [0.29, 0.717) is 22.4 Å². The second-order valence-electron chi connectivity index (χ2n) is 4.19. The zero-order valence-electron chi connectivity index (χ0n) is 10.0. The molecule has 3 nitrogen and oxygen atoms in total. The minimum absolute atomic E-state index is 0.0688. The van der Waals surface area contributed by atoms with Crippen LogP contribution in [-0.4, -0.2) is 28.9 Å². The van der Waals surface area contributed by atoms with Crippen LogP contribution in [0.3, 0.4) is 0 Å². The van der Waals surface area contributed by atoms with Crippen molar-refractivity contribution >= 4 is 17.5 Å². The highest BCUT2D eigenvalue weighted by Crippen LogP contribution is 2.30. The lowest BCUT2D eigenvalue weighted by molar-refractivity contribution is 0.101. The average molecular weight is 251 g/mol. The first kappa shape index (κ1) is 12.4. The Morgan fingerprint density at radius 2 is 2.29 bits per heavy atom. The molecule has 0 amide bonds. The smallest absolute Gasteiger partial charge is 0.194 e. The molecule has 0 saturated heterocycles. The number of carbonyl (C=O) groups excluding carboxylic acids is 1. The predicted octanol–water partition coefficient (Wildman–Crippen LogP) is 2.95. The first-order valence-electron chi connectivity index (χ1n) is 5.95. The Morgan fingerprint density at radius 3 is 3.00 bits per heavy atom. The molecule has 0 N–H and O–H groups in total. The van der Waals surface area contributed by atoms with Crippen LogP contribution in [-0.2, 0) is 0 Å². The maximum Gasteiger partial charge on any atom is 0.194 e. The van der Waals surface area contributed by atoms with Crippen molar-refractivity contribution in [3.8, 4) is 5.75 Å². The van der Waals surface area contributed by atoms with Crippen molar-refractivity contribution in [1.29, 1.82) is 0 Å². The first-order chi connectivity index (χ1) is 8.31. The average Bonchev–Trinajstić information content (AvgIpc) is 2.89. The first-order valence-corrected chi connectivity index (χ1v) is 7.00. The van der Waals surface area contributed by atoms with Gasteiger partial charge < -0.3 is 4.74 Å². The molecule has 92 valence electrons. The Morgan fingerprint density at radius 1 is 1.53 bits per heavy atom. The SMILES string of the molecule is COc1cccnc1C(=O)CSC1CCCC1. The van der Waals surface area contributed by atoms with Crippen molar-refractivity contribution in [3.63, 3.8) is 0 Å². The largest absolute Gasteiger partial charge is 0.494 e. The molecule has 1 heterocycles. The fourth-order valence-electron chi connectivity index (χ4n) is 2.08. The van der Waals surface area contributed by atoms with E-state index in [9.17, 15) is 4.79 Å². The van der Waals surface area contributed by atoms with Crippen LogP contribution in [0.15, 0.2) is 18.3 Å². The van der Waals surface area contributed by atoms with E-state index in [1.807, 2.05) is 0 Å². The topological polar surface area (TPSA) is 39.2 Å². The summed E-state index contributed by atoms with van der Waals surface area (Å²) in [6.45, 7) is 0. The normalized spacial score (nSPS) is 16.1. The molecule has 0 aromatic carbocycles. The number of methoxy groups -OCH3 is 1. The molecular weight excluding hydrogens is 234 g/mol. The Hall–Kier alpha value is -1.03. The van der Waals surface area contributed by atoms with E-state index in [1.54, 1.807) is 37.2 Å². The Bertz CT molecular complexity index is 389. The van der Waals surface area contributed by atoms with Gasteiger partial charge in [0.05, 0.1) is 12.9 Å². The third kappa shape index (κ3) is 3.22. The molecule has 0 radical (unpaired) electrons. The quantitative estimate of drug-likeness (QED) is 0.754. The lowest BCUT2D eigenvalue weighted by atomic mass is 10.2. The highest BCUT2D eigenvalue weighted by Gasteiger charge is 2.19. The van der Waals surface area contributed by atoms with Crippen LogP contribution in [0.25, 0.3) is 0 Å². The van der Waals surface area contributed by atoms with Gasteiger partial charge in [0.2, 0.25) is 0 Å². The Labute approximate surface area is 106 Å². The summed E-state index contributed by atoms with van der Waals surface area (Å²) in [5.74, 6) is 1.15. The van der Waals surface area contributed by atoms with Crippen molar-refractivity contribution < 1.29 is 9.53 Å². The molecule has 1 aromatic rings. The summed E-state index contributed by atoms with van der Waals surface area (Å²) < 4.78 is 5.15. The molecular formula is C13H17NO2S. The van der Waals surface area contributed by atoms with Gasteiger partial charge in [-0.25, -0.2) is 4.98 Å². The molecule has 2 rings (SSSR count). The van der Waals surface area contributed by atoms with Gasteiger partial charge in [0.15, 0.2) is 5.78 Å². The van der Waals surface area contributed by atoms with Gasteiger partial charge in [0.25, 0.3) is 0 Å². The molecule has 1 aromatic heterocycles. The lowest BCUT2D eigenvalue weighted by Crippen LogP contribution is -2.09. The third-order valence-electron chi connectivity index (χ3n) is 3.01. The Kier molecular flexibility index (Phi) is 4.42. The van der Waals surface area contributed by atoms with Crippen LogP contribution in [0.5, 0.6) is 5.75 Å². The number of ether oxygens (including phenoxy) is 1. The zero-order chi connectivity index (χ0) is 12.1. The summed E-state index contributed by atoms with van der Waals surface area (Å²) in [5.41, 5.74) is 0.459. The van der Waals surface area contributed by atoms with Crippen LogP contribution in [0.1, 0.15) is 36.2 Å². The van der Waals surface area contributed by atoms with Crippen molar-refractivity contribution in [2.24, 2.45) is 0 Å². The van der Waals surface area contributed by atoms with Gasteiger partial charge in [-0.05, 0) is 25.0 Å². The van der Waals surface area contributed by atoms with Crippen LogP contribution in [0.4, 0.5) is 0 Å². The van der Waals surface area contributed by atoms with Gasteiger partial charge in [-0.1, -0.05) is 12.8 Å². The predicted molar refractivity (Wildman–Crippen MR) is 69.8 cm³/mol. The highest BCUT2D eigenvalue weighted by atomic mass is 32.2. The van der Waals surface area contributed by atoms with Gasteiger partial charge in [-0.15, -0.1) is 0 Å². The van der Waals surface area contributed by atoms with E-state index in [2.05, 4.69) is 4.98 Å². The van der Waals surface area contributed by atoms with E-state index in [1.165, 1.54) is 25.7 Å². The van der Waals surface area contributed by atoms with E-state index in [-0.39, 0.29) is 5.78 Å². The molecule has 0 unspecified atom stereocenters. The van der Waals surface area contributed by atoms with Crippen LogP contribution < -0.4 is 4.74 Å². The maximum absolute atomic E-state index is 12.0. The standard InChI is InChI=1S/C13H17NO2S/c1-16-12-7-4-8-14-13(12)11(15)9-17-10-5-2-3-6-10/h4,7-8,10H,2-3,5-6,9H2,1H3. The maximum atomic E-state index is 12.0. The molecule has 0 spiro atoms.